The second-order valence-electron chi connectivity index (χ2n) is 3.67. The molecule has 1 unspecified atom stereocenters. The van der Waals surface area contributed by atoms with Gasteiger partial charge in [0.1, 0.15) is 5.82 Å². The molecule has 0 saturated heterocycles. The number of amides is 2. The quantitative estimate of drug-likeness (QED) is 0.637. The van der Waals surface area contributed by atoms with Crippen molar-refractivity contribution in [2.45, 2.75) is 13.0 Å². The molecule has 1 aromatic carbocycles. The Labute approximate surface area is 102 Å². The van der Waals surface area contributed by atoms with Gasteiger partial charge in [-0.15, -0.1) is 0 Å². The van der Waals surface area contributed by atoms with Crippen LogP contribution in [-0.4, -0.2) is 34.9 Å². The van der Waals surface area contributed by atoms with Crippen molar-refractivity contribution in [3.63, 3.8) is 0 Å². The highest BCUT2D eigenvalue weighted by atomic mass is 19.1. The number of aliphatic carboxylic acids is 1. The van der Waals surface area contributed by atoms with Crippen molar-refractivity contribution in [3.8, 4) is 0 Å². The predicted octanol–water partition coefficient (Wildman–Crippen LogP) is 0.701. The Balaban J connectivity index is 2.54. The summed E-state index contributed by atoms with van der Waals surface area (Å²) in [5, 5.41) is 21.6. The van der Waals surface area contributed by atoms with E-state index in [1.807, 2.05) is 0 Å². The first-order valence-electron chi connectivity index (χ1n) is 5.12. The molecule has 0 aliphatic rings. The van der Waals surface area contributed by atoms with E-state index in [9.17, 15) is 14.0 Å². The van der Waals surface area contributed by atoms with E-state index in [0.717, 1.165) is 5.56 Å². The molecule has 6 nitrogen and oxygen atoms in total. The Bertz CT molecular complexity index is 464. The van der Waals surface area contributed by atoms with Crippen LogP contribution in [0.15, 0.2) is 18.2 Å². The Hall–Kier alpha value is -2.15. The van der Waals surface area contributed by atoms with Crippen LogP contribution in [0, 0.1) is 12.7 Å². The van der Waals surface area contributed by atoms with Gasteiger partial charge in [-0.3, -0.25) is 0 Å². The predicted molar refractivity (Wildman–Crippen MR) is 61.8 cm³/mol. The number of aliphatic hydroxyl groups is 1. The second kappa shape index (κ2) is 5.97. The Morgan fingerprint density at radius 3 is 2.72 bits per heavy atom. The summed E-state index contributed by atoms with van der Waals surface area (Å²) in [4.78, 5) is 21.6. The topological polar surface area (TPSA) is 98.7 Å². The SMILES string of the molecule is Cc1ccc(F)c(NC(=O)NCC(O)C(=O)O)c1. The smallest absolute Gasteiger partial charge is 0.334 e. The maximum absolute atomic E-state index is 13.3. The zero-order valence-electron chi connectivity index (χ0n) is 9.61. The molecule has 0 aliphatic carbocycles. The van der Waals surface area contributed by atoms with Crippen LogP contribution in [-0.2, 0) is 4.79 Å². The van der Waals surface area contributed by atoms with E-state index < -0.39 is 30.5 Å². The van der Waals surface area contributed by atoms with E-state index in [-0.39, 0.29) is 5.69 Å². The average Bonchev–Trinajstić information content (AvgIpc) is 2.30. The largest absolute Gasteiger partial charge is 0.479 e. The zero-order chi connectivity index (χ0) is 13.7. The van der Waals surface area contributed by atoms with Gasteiger partial charge in [0.15, 0.2) is 6.10 Å². The van der Waals surface area contributed by atoms with E-state index in [1.54, 1.807) is 13.0 Å². The molecule has 98 valence electrons. The maximum Gasteiger partial charge on any atom is 0.334 e. The van der Waals surface area contributed by atoms with Crippen LogP contribution in [0.4, 0.5) is 14.9 Å². The van der Waals surface area contributed by atoms with Crippen LogP contribution in [0.2, 0.25) is 0 Å². The van der Waals surface area contributed by atoms with E-state index in [4.69, 9.17) is 10.2 Å². The third-order valence-corrected chi connectivity index (χ3v) is 2.11. The molecule has 0 saturated carbocycles. The minimum atomic E-state index is -1.70. The van der Waals surface area contributed by atoms with Crippen molar-refractivity contribution >= 4 is 17.7 Å². The number of nitrogens with one attached hydrogen (secondary N) is 2. The summed E-state index contributed by atoms with van der Waals surface area (Å²) >= 11 is 0. The molecular formula is C11H13FN2O4. The lowest BCUT2D eigenvalue weighted by atomic mass is 10.2. The number of benzene rings is 1. The summed E-state index contributed by atoms with van der Waals surface area (Å²) in [7, 11) is 0. The van der Waals surface area contributed by atoms with Crippen LogP contribution >= 0.6 is 0 Å². The van der Waals surface area contributed by atoms with Gasteiger partial charge in [-0.2, -0.15) is 0 Å². The molecule has 2 amide bonds. The molecule has 1 rings (SSSR count). The number of carbonyl (C=O) groups excluding carboxylic acids is 1. The van der Waals surface area contributed by atoms with E-state index in [0.29, 0.717) is 0 Å². The number of aliphatic hydroxyl groups excluding tert-OH is 1. The average molecular weight is 256 g/mol. The molecule has 1 atom stereocenters. The summed E-state index contributed by atoms with van der Waals surface area (Å²) in [6.07, 6.45) is -1.70. The first kappa shape index (κ1) is 13.9. The molecule has 0 aliphatic heterocycles. The number of halogens is 1. The molecule has 0 fully saturated rings. The van der Waals surface area contributed by atoms with Crippen molar-refractivity contribution in [1.82, 2.24) is 5.32 Å². The molecule has 7 heteroatoms. The number of anilines is 1. The van der Waals surface area contributed by atoms with Gasteiger partial charge in [-0.1, -0.05) is 6.07 Å². The number of carboxylic acid groups (broad SMARTS) is 1. The van der Waals surface area contributed by atoms with Gasteiger partial charge in [-0.25, -0.2) is 14.0 Å². The van der Waals surface area contributed by atoms with Crippen molar-refractivity contribution in [2.24, 2.45) is 0 Å². The van der Waals surface area contributed by atoms with Crippen LogP contribution in [0.1, 0.15) is 5.56 Å². The van der Waals surface area contributed by atoms with Gasteiger partial charge in [0.25, 0.3) is 0 Å². The highest BCUT2D eigenvalue weighted by Crippen LogP contribution is 2.15. The summed E-state index contributed by atoms with van der Waals surface area (Å²) in [5.41, 5.74) is 0.745. The normalized spacial score (nSPS) is 11.7. The van der Waals surface area contributed by atoms with Crippen molar-refractivity contribution in [3.05, 3.63) is 29.6 Å². The fourth-order valence-corrected chi connectivity index (χ4v) is 1.18. The first-order chi connectivity index (χ1) is 8.40. The van der Waals surface area contributed by atoms with Crippen LogP contribution in [0.5, 0.6) is 0 Å². The Kier molecular flexibility index (Phi) is 4.61. The van der Waals surface area contributed by atoms with Gasteiger partial charge in [0.2, 0.25) is 0 Å². The molecular weight excluding hydrogens is 243 g/mol. The molecule has 0 spiro atoms. The van der Waals surface area contributed by atoms with Gasteiger partial charge >= 0.3 is 12.0 Å². The Morgan fingerprint density at radius 2 is 2.11 bits per heavy atom. The summed E-state index contributed by atoms with van der Waals surface area (Å²) < 4.78 is 13.3. The lowest BCUT2D eigenvalue weighted by molar-refractivity contribution is -0.146. The lowest BCUT2D eigenvalue weighted by Gasteiger charge is -2.10. The van der Waals surface area contributed by atoms with E-state index >= 15 is 0 Å². The third kappa shape index (κ3) is 4.02. The van der Waals surface area contributed by atoms with Gasteiger partial charge < -0.3 is 20.8 Å². The summed E-state index contributed by atoms with van der Waals surface area (Å²) in [5.74, 6) is -2.05. The number of carbonyl (C=O) groups is 2. The number of hydrogen-bond donors (Lipinski definition) is 4. The highest BCUT2D eigenvalue weighted by molar-refractivity contribution is 5.89. The first-order valence-corrected chi connectivity index (χ1v) is 5.12. The number of carboxylic acids is 1. The molecule has 0 aromatic heterocycles. The molecule has 18 heavy (non-hydrogen) atoms. The van der Waals surface area contributed by atoms with Crippen molar-refractivity contribution in [1.29, 1.82) is 0 Å². The fraction of sp³-hybridized carbons (Fsp3) is 0.273. The molecule has 4 N–H and O–H groups in total. The third-order valence-electron chi connectivity index (χ3n) is 2.11. The van der Waals surface area contributed by atoms with Crippen molar-refractivity contribution in [2.75, 3.05) is 11.9 Å². The standard InChI is InChI=1S/C11H13FN2O4/c1-6-2-3-7(12)8(4-6)14-11(18)13-5-9(15)10(16)17/h2-4,9,15H,5H2,1H3,(H,16,17)(H2,13,14,18). The van der Waals surface area contributed by atoms with Crippen molar-refractivity contribution < 1.29 is 24.2 Å². The summed E-state index contributed by atoms with van der Waals surface area (Å²) in [6, 6.07) is 3.39. The highest BCUT2D eigenvalue weighted by Gasteiger charge is 2.14. The van der Waals surface area contributed by atoms with Crippen LogP contribution in [0.3, 0.4) is 0 Å². The van der Waals surface area contributed by atoms with Crippen LogP contribution in [0.25, 0.3) is 0 Å². The number of hydrogen-bond acceptors (Lipinski definition) is 3. The monoisotopic (exact) mass is 256 g/mol. The van der Waals surface area contributed by atoms with Gasteiger partial charge in [0.05, 0.1) is 12.2 Å². The number of aryl methyl sites for hydroxylation is 1. The van der Waals surface area contributed by atoms with Gasteiger partial charge in [0, 0.05) is 0 Å². The maximum atomic E-state index is 13.3. The fourth-order valence-electron chi connectivity index (χ4n) is 1.18. The minimum absolute atomic E-state index is 0.0164. The van der Waals surface area contributed by atoms with Crippen LogP contribution < -0.4 is 10.6 Å². The second-order valence-corrected chi connectivity index (χ2v) is 3.67. The minimum Gasteiger partial charge on any atom is -0.479 e. The molecule has 0 radical (unpaired) electrons. The molecule has 0 bridgehead atoms. The van der Waals surface area contributed by atoms with E-state index in [2.05, 4.69) is 10.6 Å². The zero-order valence-corrected chi connectivity index (χ0v) is 9.61. The lowest BCUT2D eigenvalue weighted by Crippen LogP contribution is -2.38. The molecule has 1 aromatic rings. The number of rotatable bonds is 4. The molecule has 0 heterocycles. The summed E-state index contributed by atoms with van der Waals surface area (Å²) in [6.45, 7) is 1.27. The van der Waals surface area contributed by atoms with E-state index in [1.165, 1.54) is 12.1 Å². The Morgan fingerprint density at radius 1 is 1.44 bits per heavy atom. The number of urea groups is 1. The van der Waals surface area contributed by atoms with Gasteiger partial charge in [-0.05, 0) is 24.6 Å².